The van der Waals surface area contributed by atoms with Gasteiger partial charge in [0, 0.05) is 6.42 Å². The van der Waals surface area contributed by atoms with Crippen molar-refractivity contribution >= 4 is 5.97 Å². The molecule has 0 amide bonds. The van der Waals surface area contributed by atoms with Crippen LogP contribution in [0.2, 0.25) is 0 Å². The summed E-state index contributed by atoms with van der Waals surface area (Å²) in [7, 11) is 0. The van der Waals surface area contributed by atoms with Crippen LogP contribution in [0.15, 0.2) is 0 Å². The fourth-order valence-electron chi connectivity index (χ4n) is 1.81. The molecular formula is C15H23F7O2. The molecule has 0 radical (unpaired) electrons. The van der Waals surface area contributed by atoms with Crippen LogP contribution >= 0.6 is 0 Å². The number of alkyl halides is 7. The summed E-state index contributed by atoms with van der Waals surface area (Å²) in [5.74, 6) is -8.92. The zero-order valence-corrected chi connectivity index (χ0v) is 13.9. The molecule has 0 saturated carbocycles. The second-order valence-corrected chi connectivity index (χ2v) is 6.51. The van der Waals surface area contributed by atoms with Gasteiger partial charge in [-0.25, -0.2) is 17.6 Å². The number of hydrogen-bond donors (Lipinski definition) is 0. The monoisotopic (exact) mass is 368 g/mol. The van der Waals surface area contributed by atoms with Crippen molar-refractivity contribution in [3.8, 4) is 0 Å². The third-order valence-corrected chi connectivity index (χ3v) is 3.58. The molecule has 0 aliphatic carbocycles. The highest BCUT2D eigenvalue weighted by Gasteiger charge is 2.49. The van der Waals surface area contributed by atoms with Crippen molar-refractivity contribution in [3.05, 3.63) is 0 Å². The predicted molar refractivity (Wildman–Crippen MR) is 74.1 cm³/mol. The lowest BCUT2D eigenvalue weighted by atomic mass is 9.91. The van der Waals surface area contributed by atoms with E-state index in [0.29, 0.717) is 6.42 Å². The summed E-state index contributed by atoms with van der Waals surface area (Å²) in [5, 5.41) is 0. The summed E-state index contributed by atoms with van der Waals surface area (Å²) in [4.78, 5) is 11.6. The maximum atomic E-state index is 13.4. The first kappa shape index (κ1) is 23.0. The van der Waals surface area contributed by atoms with Crippen LogP contribution in [0, 0.1) is 5.41 Å². The molecular weight excluding hydrogens is 345 g/mol. The van der Waals surface area contributed by atoms with E-state index in [0.717, 1.165) is 0 Å². The summed E-state index contributed by atoms with van der Waals surface area (Å²) >= 11 is 0. The Balaban J connectivity index is 4.20. The molecule has 0 fully saturated rings. The Morgan fingerprint density at radius 3 is 1.88 bits per heavy atom. The minimum atomic E-state index is -5.21. The molecule has 0 aromatic heterocycles. The van der Waals surface area contributed by atoms with Crippen LogP contribution in [-0.4, -0.2) is 30.6 Å². The summed E-state index contributed by atoms with van der Waals surface area (Å²) in [6.45, 7) is 4.96. The minimum absolute atomic E-state index is 0.0198. The third-order valence-electron chi connectivity index (χ3n) is 3.58. The van der Waals surface area contributed by atoms with Gasteiger partial charge in [-0.15, -0.1) is 0 Å². The number of ether oxygens (including phenoxy) is 1. The Bertz CT molecular complexity index is 403. The molecule has 9 heteroatoms. The smallest absolute Gasteiger partial charge is 0.394 e. The highest BCUT2D eigenvalue weighted by molar-refractivity contribution is 5.75. The van der Waals surface area contributed by atoms with Crippen molar-refractivity contribution < 1.29 is 40.3 Å². The molecule has 0 bridgehead atoms. The van der Waals surface area contributed by atoms with Crippen molar-refractivity contribution in [1.82, 2.24) is 0 Å². The summed E-state index contributed by atoms with van der Waals surface area (Å²) in [6.07, 6.45) is -10.6. The Morgan fingerprint density at radius 2 is 1.42 bits per heavy atom. The molecule has 0 spiro atoms. The van der Waals surface area contributed by atoms with Gasteiger partial charge in [-0.2, -0.15) is 13.2 Å². The lowest BCUT2D eigenvalue weighted by molar-refractivity contribution is -0.206. The van der Waals surface area contributed by atoms with Crippen molar-refractivity contribution in [2.75, 3.05) is 6.61 Å². The van der Waals surface area contributed by atoms with E-state index in [1.165, 1.54) is 0 Å². The molecule has 144 valence electrons. The van der Waals surface area contributed by atoms with E-state index in [1.54, 1.807) is 20.8 Å². The first-order valence-corrected chi connectivity index (χ1v) is 7.60. The van der Waals surface area contributed by atoms with Crippen molar-refractivity contribution in [1.29, 1.82) is 0 Å². The summed E-state index contributed by atoms with van der Waals surface area (Å²) in [5.41, 5.74) is -0.705. The number of esters is 1. The van der Waals surface area contributed by atoms with E-state index in [9.17, 15) is 35.5 Å². The Morgan fingerprint density at radius 1 is 0.875 bits per heavy atom. The maximum absolute atomic E-state index is 13.4. The molecule has 24 heavy (non-hydrogen) atoms. The van der Waals surface area contributed by atoms with Crippen molar-refractivity contribution in [3.63, 3.8) is 0 Å². The maximum Gasteiger partial charge on any atom is 0.394 e. The van der Waals surface area contributed by atoms with Gasteiger partial charge in [0.05, 0.1) is 18.4 Å². The van der Waals surface area contributed by atoms with E-state index in [-0.39, 0.29) is 19.4 Å². The molecule has 0 N–H and O–H groups in total. The molecule has 0 saturated heterocycles. The van der Waals surface area contributed by atoms with Crippen LogP contribution in [-0.2, 0) is 9.53 Å². The zero-order valence-electron chi connectivity index (χ0n) is 13.9. The number of carbonyl (C=O) groups excluding carboxylic acids is 1. The Kier molecular flexibility index (Phi) is 8.02. The van der Waals surface area contributed by atoms with E-state index in [1.807, 2.05) is 0 Å². The molecule has 0 aliphatic heterocycles. The number of hydrogen-bond acceptors (Lipinski definition) is 2. The largest absolute Gasteiger partial charge is 0.465 e. The number of halogens is 7. The third kappa shape index (κ3) is 9.97. The molecule has 0 aliphatic rings. The number of unbranched alkanes of at least 4 members (excludes halogenated alkanes) is 1. The van der Waals surface area contributed by atoms with Crippen LogP contribution in [0.5, 0.6) is 0 Å². The number of rotatable bonds is 10. The Labute approximate surface area is 136 Å². The average molecular weight is 368 g/mol. The molecule has 2 nitrogen and oxygen atoms in total. The van der Waals surface area contributed by atoms with Crippen molar-refractivity contribution in [2.24, 2.45) is 5.41 Å². The molecule has 0 atom stereocenters. The Hall–Kier alpha value is -1.02. The SMILES string of the molecule is CCC(C)(C)C(=O)OCCCCC(F)(F)CC(F)(F)CC(F)(F)F. The van der Waals surface area contributed by atoms with Crippen LogP contribution in [0.25, 0.3) is 0 Å². The van der Waals surface area contributed by atoms with Gasteiger partial charge in [0.25, 0.3) is 11.8 Å². The molecule has 0 unspecified atom stereocenters. The fraction of sp³-hybridized carbons (Fsp3) is 0.933. The van der Waals surface area contributed by atoms with Gasteiger partial charge in [-0.05, 0) is 33.1 Å². The topological polar surface area (TPSA) is 26.3 Å². The van der Waals surface area contributed by atoms with Crippen molar-refractivity contribution in [2.45, 2.75) is 77.3 Å². The van der Waals surface area contributed by atoms with Gasteiger partial charge in [0.1, 0.15) is 6.42 Å². The van der Waals surface area contributed by atoms with Gasteiger partial charge < -0.3 is 4.74 Å². The van der Waals surface area contributed by atoms with Gasteiger partial charge in [0.2, 0.25) is 0 Å². The second-order valence-electron chi connectivity index (χ2n) is 6.51. The first-order chi connectivity index (χ1) is 10.6. The van der Waals surface area contributed by atoms with Gasteiger partial charge >= 0.3 is 12.1 Å². The predicted octanol–water partition coefficient (Wildman–Crippen LogP) is 5.75. The molecule has 0 heterocycles. The standard InChI is InChI=1S/C15H23F7O2/c1-4-12(2,3)11(23)24-8-6-5-7-13(16,17)9-14(18,19)10-15(20,21)22/h4-10H2,1-3H3. The van der Waals surface area contributed by atoms with Gasteiger partial charge in [0.15, 0.2) is 0 Å². The molecule has 0 aromatic rings. The average Bonchev–Trinajstić information content (AvgIpc) is 2.33. The van der Waals surface area contributed by atoms with E-state index >= 15 is 0 Å². The van der Waals surface area contributed by atoms with Crippen LogP contribution < -0.4 is 0 Å². The lowest BCUT2D eigenvalue weighted by Gasteiger charge is -2.24. The highest BCUT2D eigenvalue weighted by atomic mass is 19.4. The van der Waals surface area contributed by atoms with Gasteiger partial charge in [-0.1, -0.05) is 6.92 Å². The van der Waals surface area contributed by atoms with E-state index in [2.05, 4.69) is 0 Å². The minimum Gasteiger partial charge on any atom is -0.465 e. The zero-order chi connectivity index (χ0) is 19.2. The fourth-order valence-corrected chi connectivity index (χ4v) is 1.81. The second kappa shape index (κ2) is 8.38. The number of carbonyl (C=O) groups is 1. The van der Waals surface area contributed by atoms with E-state index < -0.39 is 48.7 Å². The van der Waals surface area contributed by atoms with Crippen LogP contribution in [0.1, 0.15) is 59.3 Å². The first-order valence-electron chi connectivity index (χ1n) is 7.60. The normalized spacial score (nSPS) is 13.9. The van der Waals surface area contributed by atoms with Crippen LogP contribution in [0.4, 0.5) is 30.7 Å². The summed E-state index contributed by atoms with van der Waals surface area (Å²) < 4.78 is 93.4. The lowest BCUT2D eigenvalue weighted by Crippen LogP contribution is -2.33. The van der Waals surface area contributed by atoms with Crippen LogP contribution in [0.3, 0.4) is 0 Å². The summed E-state index contributed by atoms with van der Waals surface area (Å²) in [6, 6.07) is 0. The quantitative estimate of drug-likeness (QED) is 0.279. The molecule has 0 rings (SSSR count). The van der Waals surface area contributed by atoms with E-state index in [4.69, 9.17) is 4.74 Å². The highest BCUT2D eigenvalue weighted by Crippen LogP contribution is 2.40. The molecule has 0 aromatic carbocycles. The van der Waals surface area contributed by atoms with Gasteiger partial charge in [-0.3, -0.25) is 4.79 Å².